The maximum Gasteiger partial charge on any atom is 0.102 e. The van der Waals surface area contributed by atoms with Gasteiger partial charge in [0, 0.05) is 18.4 Å². The lowest BCUT2D eigenvalue weighted by molar-refractivity contribution is 0.532. The highest BCUT2D eigenvalue weighted by Gasteiger charge is 2.13. The second-order valence-corrected chi connectivity index (χ2v) is 2.34. The number of hydrogen-bond donors (Lipinski definition) is 1. The summed E-state index contributed by atoms with van der Waals surface area (Å²) in [5.74, 6) is 0.963. The van der Waals surface area contributed by atoms with Crippen molar-refractivity contribution in [3.63, 3.8) is 0 Å². The Labute approximate surface area is 55.9 Å². The summed E-state index contributed by atoms with van der Waals surface area (Å²) in [6.45, 7) is 7.92. The van der Waals surface area contributed by atoms with E-state index in [1.165, 1.54) is 11.4 Å². The maximum atomic E-state index is 3.81. The van der Waals surface area contributed by atoms with Crippen molar-refractivity contribution < 1.29 is 0 Å². The third kappa shape index (κ3) is 0.803. The Balaban J connectivity index is 2.87. The van der Waals surface area contributed by atoms with Crippen LogP contribution in [0.1, 0.15) is 13.8 Å². The molecule has 2 heteroatoms. The summed E-state index contributed by atoms with van der Waals surface area (Å²) in [6.07, 6.45) is 0. The minimum atomic E-state index is 0.963. The molecule has 0 aromatic heterocycles. The smallest absolute Gasteiger partial charge is 0.102 e. The van der Waals surface area contributed by atoms with E-state index in [9.17, 15) is 0 Å². The zero-order valence-electron chi connectivity index (χ0n) is 6.15. The van der Waals surface area contributed by atoms with Gasteiger partial charge in [0.25, 0.3) is 0 Å². The van der Waals surface area contributed by atoms with Gasteiger partial charge < -0.3 is 10.2 Å². The van der Waals surface area contributed by atoms with E-state index in [0.29, 0.717) is 0 Å². The molecule has 0 atom stereocenters. The van der Waals surface area contributed by atoms with Crippen LogP contribution in [0.3, 0.4) is 0 Å². The standard InChI is InChI=1S/C7H12N2/c1-5-6(2)9(4)7(3)8-5/h8H,3H2,1-2,4H3. The highest BCUT2D eigenvalue weighted by atomic mass is 15.3. The van der Waals surface area contributed by atoms with Crippen molar-refractivity contribution in [3.8, 4) is 0 Å². The van der Waals surface area contributed by atoms with Gasteiger partial charge in [0.2, 0.25) is 0 Å². The molecule has 0 saturated carbocycles. The lowest BCUT2D eigenvalue weighted by Gasteiger charge is -2.11. The first-order valence-electron chi connectivity index (χ1n) is 3.00. The van der Waals surface area contributed by atoms with Crippen molar-refractivity contribution >= 4 is 0 Å². The van der Waals surface area contributed by atoms with Crippen LogP contribution in [0, 0.1) is 0 Å². The number of allylic oxidation sites excluding steroid dienone is 2. The average molecular weight is 124 g/mol. The number of rotatable bonds is 0. The first-order chi connectivity index (χ1) is 4.13. The van der Waals surface area contributed by atoms with Crippen LogP contribution < -0.4 is 5.32 Å². The third-order valence-electron chi connectivity index (χ3n) is 1.78. The third-order valence-corrected chi connectivity index (χ3v) is 1.78. The van der Waals surface area contributed by atoms with E-state index >= 15 is 0 Å². The molecule has 9 heavy (non-hydrogen) atoms. The molecule has 0 amide bonds. The van der Waals surface area contributed by atoms with Gasteiger partial charge in [0.15, 0.2) is 0 Å². The van der Waals surface area contributed by atoms with E-state index in [-0.39, 0.29) is 0 Å². The molecule has 1 rings (SSSR count). The molecule has 0 radical (unpaired) electrons. The van der Waals surface area contributed by atoms with Crippen LogP contribution in [0.25, 0.3) is 0 Å². The Hall–Kier alpha value is -0.920. The summed E-state index contributed by atoms with van der Waals surface area (Å²) in [7, 11) is 2.00. The molecule has 0 aromatic carbocycles. The highest BCUT2D eigenvalue weighted by molar-refractivity contribution is 5.22. The van der Waals surface area contributed by atoms with Gasteiger partial charge in [-0.15, -0.1) is 0 Å². The molecule has 0 fully saturated rings. The van der Waals surface area contributed by atoms with Crippen LogP contribution in [0.15, 0.2) is 23.8 Å². The minimum absolute atomic E-state index is 0.963. The summed E-state index contributed by atoms with van der Waals surface area (Å²) < 4.78 is 0. The number of hydrogen-bond acceptors (Lipinski definition) is 2. The van der Waals surface area contributed by atoms with Gasteiger partial charge in [0.05, 0.1) is 0 Å². The van der Waals surface area contributed by atoms with Gasteiger partial charge in [-0.05, 0) is 13.8 Å². The van der Waals surface area contributed by atoms with Crippen molar-refractivity contribution in [2.75, 3.05) is 7.05 Å². The van der Waals surface area contributed by atoms with Crippen molar-refractivity contribution in [3.05, 3.63) is 23.8 Å². The van der Waals surface area contributed by atoms with E-state index in [1.807, 2.05) is 18.9 Å². The predicted molar refractivity (Wildman–Crippen MR) is 38.4 cm³/mol. The first-order valence-corrected chi connectivity index (χ1v) is 3.00. The summed E-state index contributed by atoms with van der Waals surface area (Å²) in [5.41, 5.74) is 2.45. The molecule has 1 aliphatic heterocycles. The topological polar surface area (TPSA) is 15.3 Å². The first kappa shape index (κ1) is 6.20. The fraction of sp³-hybridized carbons (Fsp3) is 0.429. The van der Waals surface area contributed by atoms with Crippen LogP contribution in [-0.4, -0.2) is 11.9 Å². The normalized spacial score (nSPS) is 19.0. The quantitative estimate of drug-likeness (QED) is 0.522. The SMILES string of the molecule is C=C1NC(C)=C(C)N1C. The summed E-state index contributed by atoms with van der Waals surface area (Å²) >= 11 is 0. The molecule has 0 saturated heterocycles. The van der Waals surface area contributed by atoms with E-state index in [4.69, 9.17) is 0 Å². The molecule has 2 nitrogen and oxygen atoms in total. The summed E-state index contributed by atoms with van der Waals surface area (Å²) in [5, 5.41) is 3.13. The molecule has 0 unspecified atom stereocenters. The van der Waals surface area contributed by atoms with Gasteiger partial charge in [-0.3, -0.25) is 0 Å². The van der Waals surface area contributed by atoms with Gasteiger partial charge in [0.1, 0.15) is 5.82 Å². The molecule has 50 valence electrons. The van der Waals surface area contributed by atoms with Crippen molar-refractivity contribution in [1.82, 2.24) is 10.2 Å². The van der Waals surface area contributed by atoms with Crippen LogP contribution in [0.5, 0.6) is 0 Å². The predicted octanol–water partition coefficient (Wildman–Crippen LogP) is 1.24. The van der Waals surface area contributed by atoms with Gasteiger partial charge in [-0.2, -0.15) is 0 Å². The molecule has 0 aromatic rings. The summed E-state index contributed by atoms with van der Waals surface area (Å²) in [4.78, 5) is 2.04. The van der Waals surface area contributed by atoms with Crippen LogP contribution in [0.2, 0.25) is 0 Å². The van der Waals surface area contributed by atoms with E-state index in [1.54, 1.807) is 0 Å². The Bertz CT molecular complexity index is 179. The molecule has 0 aliphatic carbocycles. The Morgan fingerprint density at radius 3 is 2.11 bits per heavy atom. The average Bonchev–Trinajstić information content (AvgIpc) is 1.98. The van der Waals surface area contributed by atoms with E-state index < -0.39 is 0 Å². The zero-order chi connectivity index (χ0) is 7.02. The zero-order valence-corrected chi connectivity index (χ0v) is 6.15. The fourth-order valence-corrected chi connectivity index (χ4v) is 0.845. The maximum absolute atomic E-state index is 3.81. The highest BCUT2D eigenvalue weighted by Crippen LogP contribution is 2.17. The van der Waals surface area contributed by atoms with Crippen molar-refractivity contribution in [2.24, 2.45) is 0 Å². The molecule has 1 N–H and O–H groups in total. The van der Waals surface area contributed by atoms with E-state index in [0.717, 1.165) is 5.82 Å². The largest absolute Gasteiger partial charge is 0.344 e. The van der Waals surface area contributed by atoms with Gasteiger partial charge >= 0.3 is 0 Å². The Kier molecular flexibility index (Phi) is 1.24. The van der Waals surface area contributed by atoms with Crippen LogP contribution in [0.4, 0.5) is 0 Å². The lowest BCUT2D eigenvalue weighted by atomic mass is 10.4. The molecule has 1 heterocycles. The molecule has 0 spiro atoms. The molecule has 1 aliphatic rings. The van der Waals surface area contributed by atoms with Crippen LogP contribution in [-0.2, 0) is 0 Å². The lowest BCUT2D eigenvalue weighted by Crippen LogP contribution is -2.14. The Morgan fingerprint density at radius 2 is 2.00 bits per heavy atom. The fourth-order valence-electron chi connectivity index (χ4n) is 0.845. The minimum Gasteiger partial charge on any atom is -0.344 e. The van der Waals surface area contributed by atoms with Gasteiger partial charge in [-0.1, -0.05) is 6.58 Å². The second kappa shape index (κ2) is 1.79. The molecular weight excluding hydrogens is 112 g/mol. The molecule has 0 bridgehead atoms. The second-order valence-electron chi connectivity index (χ2n) is 2.34. The number of nitrogens with one attached hydrogen (secondary N) is 1. The van der Waals surface area contributed by atoms with Crippen LogP contribution >= 0.6 is 0 Å². The Morgan fingerprint density at radius 1 is 1.44 bits per heavy atom. The number of nitrogens with zero attached hydrogens (tertiary/aromatic N) is 1. The molecular formula is C7H12N2. The van der Waals surface area contributed by atoms with Crippen molar-refractivity contribution in [1.29, 1.82) is 0 Å². The monoisotopic (exact) mass is 124 g/mol. The van der Waals surface area contributed by atoms with E-state index in [2.05, 4.69) is 18.8 Å². The summed E-state index contributed by atoms with van der Waals surface area (Å²) in [6, 6.07) is 0. The van der Waals surface area contributed by atoms with Gasteiger partial charge in [-0.25, -0.2) is 0 Å². The van der Waals surface area contributed by atoms with Crippen molar-refractivity contribution in [2.45, 2.75) is 13.8 Å².